The lowest BCUT2D eigenvalue weighted by Crippen LogP contribution is -2.46. The third-order valence-electron chi connectivity index (χ3n) is 5.86. The zero-order valence-corrected chi connectivity index (χ0v) is 22.9. The van der Waals surface area contributed by atoms with E-state index in [1.54, 1.807) is 30.5 Å². The fraction of sp³-hybridized carbons (Fsp3) is 0.222. The second-order valence-corrected chi connectivity index (χ2v) is 11.7. The maximum atomic E-state index is 13.2. The van der Waals surface area contributed by atoms with E-state index in [4.69, 9.17) is 16.3 Å². The molecule has 2 aromatic heterocycles. The number of aromatic nitrogens is 2. The number of benzene rings is 2. The summed E-state index contributed by atoms with van der Waals surface area (Å²) < 4.78 is 47.2. The third-order valence-corrected chi connectivity index (χ3v) is 7.54. The summed E-state index contributed by atoms with van der Waals surface area (Å²) in [4.78, 5) is 21.3. The largest absolute Gasteiger partial charge is 0.491 e. The number of nitrogens with one attached hydrogen (secondary N) is 1. The lowest BCUT2D eigenvalue weighted by atomic mass is 10.0. The number of carboxylic acid groups (broad SMARTS) is 1. The average Bonchev–Trinajstić information content (AvgIpc) is 2.87. The minimum atomic E-state index is -4.04. The molecule has 2 aromatic carbocycles. The highest BCUT2D eigenvalue weighted by Gasteiger charge is 2.26. The molecule has 2 N–H and O–H groups in total. The van der Waals surface area contributed by atoms with Gasteiger partial charge in [-0.2, -0.15) is 0 Å². The first kappa shape index (κ1) is 28.1. The van der Waals surface area contributed by atoms with Crippen LogP contribution in [0.2, 0.25) is 5.15 Å². The maximum absolute atomic E-state index is 13.2. The summed E-state index contributed by atoms with van der Waals surface area (Å²) in [6.07, 6.45) is 2.07. The molecule has 2 heterocycles. The van der Waals surface area contributed by atoms with Gasteiger partial charge < -0.3 is 14.7 Å². The van der Waals surface area contributed by atoms with Gasteiger partial charge in [-0.3, -0.25) is 9.71 Å². The molecular formula is C27H26ClFN4O5S. The summed E-state index contributed by atoms with van der Waals surface area (Å²) in [5.74, 6) is -0.0431. The van der Waals surface area contributed by atoms with E-state index in [1.807, 2.05) is 26.8 Å². The number of rotatable bonds is 8. The standard InChI is InChI=1S/C27H26ClFN4O5S/c1-27(2,3)33(26(34)35)12-13-38-24-10-11-30-22-9-4-17(14-21(22)24)18-15-23(25(28)31-16-18)32-39(36,37)20-7-5-19(29)6-8-20/h4-11,14-16,32H,12-13H2,1-3H3,(H,34,35). The van der Waals surface area contributed by atoms with Crippen molar-refractivity contribution in [2.75, 3.05) is 17.9 Å². The van der Waals surface area contributed by atoms with E-state index in [9.17, 15) is 22.7 Å². The van der Waals surface area contributed by atoms with Gasteiger partial charge in [0.05, 0.1) is 22.6 Å². The Hall–Kier alpha value is -3.96. The predicted octanol–water partition coefficient (Wildman–Crippen LogP) is 6.05. The quantitative estimate of drug-likeness (QED) is 0.247. The van der Waals surface area contributed by atoms with Gasteiger partial charge in [0, 0.05) is 28.9 Å². The van der Waals surface area contributed by atoms with Gasteiger partial charge in [0.15, 0.2) is 5.15 Å². The molecule has 0 atom stereocenters. The molecule has 0 aliphatic heterocycles. The molecule has 1 amide bonds. The summed E-state index contributed by atoms with van der Waals surface area (Å²) in [5.41, 5.74) is 1.38. The number of anilines is 1. The Morgan fingerprint density at radius 3 is 2.46 bits per heavy atom. The van der Waals surface area contributed by atoms with Crippen LogP contribution in [0.15, 0.2) is 71.9 Å². The van der Waals surface area contributed by atoms with Gasteiger partial charge in [-0.25, -0.2) is 22.6 Å². The maximum Gasteiger partial charge on any atom is 0.407 e. The van der Waals surface area contributed by atoms with Gasteiger partial charge in [0.25, 0.3) is 10.0 Å². The molecule has 9 nitrogen and oxygen atoms in total. The molecular weight excluding hydrogens is 547 g/mol. The number of pyridine rings is 2. The fourth-order valence-electron chi connectivity index (χ4n) is 3.89. The Morgan fingerprint density at radius 1 is 1.08 bits per heavy atom. The number of nitrogens with zero attached hydrogens (tertiary/aromatic N) is 3. The number of halogens is 2. The first-order valence-electron chi connectivity index (χ1n) is 11.8. The molecule has 4 rings (SSSR count). The van der Waals surface area contributed by atoms with Crippen molar-refractivity contribution in [1.82, 2.24) is 14.9 Å². The molecule has 0 saturated heterocycles. The normalized spacial score (nSPS) is 11.8. The van der Waals surface area contributed by atoms with Gasteiger partial charge in [-0.1, -0.05) is 17.7 Å². The molecule has 0 aliphatic carbocycles. The first-order chi connectivity index (χ1) is 18.3. The van der Waals surface area contributed by atoms with Gasteiger partial charge >= 0.3 is 6.09 Å². The SMILES string of the molecule is CC(C)(C)N(CCOc1ccnc2ccc(-c3cnc(Cl)c(NS(=O)(=O)c4ccc(F)cc4)c3)cc12)C(=O)O. The van der Waals surface area contributed by atoms with E-state index in [1.165, 1.54) is 11.1 Å². The van der Waals surface area contributed by atoms with Crippen LogP contribution in [-0.2, 0) is 10.0 Å². The Labute approximate surface area is 230 Å². The predicted molar refractivity (Wildman–Crippen MR) is 147 cm³/mol. The van der Waals surface area contributed by atoms with Crippen LogP contribution in [0.1, 0.15) is 20.8 Å². The molecule has 0 saturated carbocycles. The van der Waals surface area contributed by atoms with Gasteiger partial charge in [0.1, 0.15) is 18.2 Å². The molecule has 39 heavy (non-hydrogen) atoms. The van der Waals surface area contributed by atoms with Crippen molar-refractivity contribution < 1.29 is 27.4 Å². The van der Waals surface area contributed by atoms with E-state index < -0.39 is 27.5 Å². The van der Waals surface area contributed by atoms with Crippen molar-refractivity contribution in [3.05, 3.63) is 78.0 Å². The number of ether oxygens (including phenoxy) is 1. The lowest BCUT2D eigenvalue weighted by molar-refractivity contribution is 0.0894. The van der Waals surface area contributed by atoms with Crippen LogP contribution < -0.4 is 9.46 Å². The number of fused-ring (bicyclic) bond motifs is 1. The van der Waals surface area contributed by atoms with E-state index in [-0.39, 0.29) is 28.9 Å². The number of carbonyl (C=O) groups is 1. The van der Waals surface area contributed by atoms with Crippen LogP contribution in [-0.4, -0.2) is 53.2 Å². The molecule has 0 spiro atoms. The molecule has 0 radical (unpaired) electrons. The summed E-state index contributed by atoms with van der Waals surface area (Å²) in [6, 6.07) is 13.0. The van der Waals surface area contributed by atoms with Crippen LogP contribution >= 0.6 is 11.6 Å². The van der Waals surface area contributed by atoms with Crippen LogP contribution in [0.5, 0.6) is 5.75 Å². The second kappa shape index (κ2) is 11.0. The summed E-state index contributed by atoms with van der Waals surface area (Å²) in [6.45, 7) is 5.72. The number of amides is 1. The molecule has 0 bridgehead atoms. The Balaban J connectivity index is 1.61. The Kier molecular flexibility index (Phi) is 7.94. The topological polar surface area (TPSA) is 122 Å². The lowest BCUT2D eigenvalue weighted by Gasteiger charge is -2.33. The molecule has 0 unspecified atom stereocenters. The number of hydrogen-bond acceptors (Lipinski definition) is 6. The van der Waals surface area contributed by atoms with Crippen LogP contribution in [0, 0.1) is 5.82 Å². The van der Waals surface area contributed by atoms with Gasteiger partial charge in [0.2, 0.25) is 0 Å². The van der Waals surface area contributed by atoms with E-state index in [0.717, 1.165) is 24.3 Å². The first-order valence-corrected chi connectivity index (χ1v) is 13.7. The molecule has 0 fully saturated rings. The molecule has 204 valence electrons. The van der Waals surface area contributed by atoms with Crippen LogP contribution in [0.4, 0.5) is 14.9 Å². The minimum Gasteiger partial charge on any atom is -0.491 e. The van der Waals surface area contributed by atoms with Gasteiger partial charge in [-0.05, 0) is 74.9 Å². The Bertz CT molecular complexity index is 1630. The second-order valence-electron chi connectivity index (χ2n) is 9.62. The highest BCUT2D eigenvalue weighted by atomic mass is 35.5. The zero-order valence-electron chi connectivity index (χ0n) is 21.4. The summed E-state index contributed by atoms with van der Waals surface area (Å²) >= 11 is 6.19. The van der Waals surface area contributed by atoms with Crippen LogP contribution in [0.25, 0.3) is 22.0 Å². The highest BCUT2D eigenvalue weighted by Crippen LogP contribution is 2.32. The third kappa shape index (κ3) is 6.55. The number of hydrogen-bond donors (Lipinski definition) is 2. The van der Waals surface area contributed by atoms with Crippen molar-refractivity contribution in [3.8, 4) is 16.9 Å². The van der Waals surface area contributed by atoms with Crippen molar-refractivity contribution in [1.29, 1.82) is 0 Å². The molecule has 0 aliphatic rings. The minimum absolute atomic E-state index is 0.0530. The fourth-order valence-corrected chi connectivity index (χ4v) is 5.15. The summed E-state index contributed by atoms with van der Waals surface area (Å²) in [7, 11) is -4.04. The van der Waals surface area contributed by atoms with Crippen molar-refractivity contribution in [2.45, 2.75) is 31.2 Å². The van der Waals surface area contributed by atoms with Gasteiger partial charge in [-0.15, -0.1) is 0 Å². The average molecular weight is 573 g/mol. The number of sulfonamides is 1. The monoisotopic (exact) mass is 572 g/mol. The summed E-state index contributed by atoms with van der Waals surface area (Å²) in [5, 5.41) is 10.1. The smallest absolute Gasteiger partial charge is 0.407 e. The Morgan fingerprint density at radius 2 is 1.79 bits per heavy atom. The van der Waals surface area contributed by atoms with Crippen molar-refractivity contribution in [2.24, 2.45) is 0 Å². The van der Waals surface area contributed by atoms with E-state index in [2.05, 4.69) is 14.7 Å². The van der Waals surface area contributed by atoms with E-state index in [0.29, 0.717) is 27.8 Å². The van der Waals surface area contributed by atoms with E-state index >= 15 is 0 Å². The van der Waals surface area contributed by atoms with Crippen LogP contribution in [0.3, 0.4) is 0 Å². The van der Waals surface area contributed by atoms with Crippen molar-refractivity contribution in [3.63, 3.8) is 0 Å². The van der Waals surface area contributed by atoms with Crippen molar-refractivity contribution >= 4 is 44.3 Å². The molecule has 12 heteroatoms. The highest BCUT2D eigenvalue weighted by molar-refractivity contribution is 7.92. The molecule has 4 aromatic rings. The zero-order chi connectivity index (χ0) is 28.4.